The topological polar surface area (TPSA) is 68.9 Å². The highest BCUT2D eigenvalue weighted by atomic mass is 16.5. The fraction of sp³-hybridized carbons (Fsp3) is 0.318. The second-order valence-corrected chi connectivity index (χ2v) is 6.31. The molecule has 5 heteroatoms. The largest absolute Gasteiger partial charge is 0.490 e. The third-order valence-electron chi connectivity index (χ3n) is 4.22. The molecule has 27 heavy (non-hydrogen) atoms. The zero-order chi connectivity index (χ0) is 19.4. The van der Waals surface area contributed by atoms with Crippen molar-refractivity contribution in [2.45, 2.75) is 33.3 Å². The summed E-state index contributed by atoms with van der Waals surface area (Å²) in [5.41, 5.74) is 1.23. The minimum atomic E-state index is -0.637. The highest BCUT2D eigenvalue weighted by Crippen LogP contribution is 2.37. The van der Waals surface area contributed by atoms with Crippen molar-refractivity contribution in [1.82, 2.24) is 0 Å². The lowest BCUT2D eigenvalue weighted by Crippen LogP contribution is -2.11. The Morgan fingerprint density at radius 3 is 2.33 bits per heavy atom. The Labute approximate surface area is 158 Å². The van der Waals surface area contributed by atoms with E-state index in [1.165, 1.54) is 0 Å². The lowest BCUT2D eigenvalue weighted by Gasteiger charge is -2.16. The van der Waals surface area contributed by atoms with Crippen LogP contribution in [0.3, 0.4) is 0 Å². The molecule has 5 nitrogen and oxygen atoms in total. The van der Waals surface area contributed by atoms with E-state index in [-0.39, 0.29) is 6.42 Å². The highest BCUT2D eigenvalue weighted by molar-refractivity contribution is 5.97. The van der Waals surface area contributed by atoms with Crippen molar-refractivity contribution in [1.29, 1.82) is 0 Å². The Hall–Kier alpha value is -2.79. The SMILES string of the molecule is CCOc1ccc(-c2c(CC(C)O)oc(=O)c3ccccc23)cc1OCC. The lowest BCUT2D eigenvalue weighted by molar-refractivity contribution is 0.186. The summed E-state index contributed by atoms with van der Waals surface area (Å²) >= 11 is 0. The fourth-order valence-corrected chi connectivity index (χ4v) is 3.18. The lowest BCUT2D eigenvalue weighted by atomic mass is 9.96. The smallest absolute Gasteiger partial charge is 0.343 e. The first-order chi connectivity index (χ1) is 13.0. The molecule has 0 amide bonds. The van der Waals surface area contributed by atoms with Crippen molar-refractivity contribution in [2.24, 2.45) is 0 Å². The van der Waals surface area contributed by atoms with Gasteiger partial charge in [-0.1, -0.05) is 24.3 Å². The van der Waals surface area contributed by atoms with E-state index in [0.29, 0.717) is 35.9 Å². The van der Waals surface area contributed by atoms with E-state index >= 15 is 0 Å². The van der Waals surface area contributed by atoms with Gasteiger partial charge in [0.25, 0.3) is 0 Å². The number of fused-ring (bicyclic) bond motifs is 1. The summed E-state index contributed by atoms with van der Waals surface area (Å²) in [7, 11) is 0. The Balaban J connectivity index is 2.27. The molecule has 1 heterocycles. The van der Waals surface area contributed by atoms with Crippen molar-refractivity contribution in [3.63, 3.8) is 0 Å². The van der Waals surface area contributed by atoms with Gasteiger partial charge < -0.3 is 19.0 Å². The van der Waals surface area contributed by atoms with Gasteiger partial charge in [0.2, 0.25) is 0 Å². The molecule has 0 saturated heterocycles. The summed E-state index contributed by atoms with van der Waals surface area (Å²) in [5.74, 6) is 1.76. The van der Waals surface area contributed by atoms with E-state index in [9.17, 15) is 9.90 Å². The van der Waals surface area contributed by atoms with Gasteiger partial charge >= 0.3 is 5.63 Å². The summed E-state index contributed by atoms with van der Waals surface area (Å²) in [6, 6.07) is 13.0. The van der Waals surface area contributed by atoms with Crippen LogP contribution in [0.4, 0.5) is 0 Å². The molecule has 1 aromatic heterocycles. The molecule has 1 unspecified atom stereocenters. The number of benzene rings is 2. The minimum absolute atomic E-state index is 0.243. The number of rotatable bonds is 7. The van der Waals surface area contributed by atoms with Gasteiger partial charge in [-0.15, -0.1) is 0 Å². The van der Waals surface area contributed by atoms with Crippen LogP contribution in [-0.2, 0) is 6.42 Å². The molecule has 0 radical (unpaired) electrons. The zero-order valence-electron chi connectivity index (χ0n) is 15.8. The highest BCUT2D eigenvalue weighted by Gasteiger charge is 2.18. The van der Waals surface area contributed by atoms with Crippen LogP contribution in [-0.4, -0.2) is 24.4 Å². The molecular formula is C22H24O5. The zero-order valence-corrected chi connectivity index (χ0v) is 15.8. The van der Waals surface area contributed by atoms with E-state index in [4.69, 9.17) is 13.9 Å². The molecule has 1 N–H and O–H groups in total. The Kier molecular flexibility index (Phi) is 5.81. The van der Waals surface area contributed by atoms with Gasteiger partial charge in [0.05, 0.1) is 24.7 Å². The molecule has 3 rings (SSSR count). The van der Waals surface area contributed by atoms with Gasteiger partial charge in [0.15, 0.2) is 11.5 Å². The van der Waals surface area contributed by atoms with Crippen molar-refractivity contribution < 1.29 is 19.0 Å². The molecule has 2 aromatic carbocycles. The molecule has 0 saturated carbocycles. The fourth-order valence-electron chi connectivity index (χ4n) is 3.18. The van der Waals surface area contributed by atoms with Crippen LogP contribution in [0.2, 0.25) is 0 Å². The molecule has 0 fully saturated rings. The monoisotopic (exact) mass is 368 g/mol. The molecule has 0 spiro atoms. The van der Waals surface area contributed by atoms with Crippen LogP contribution in [0, 0.1) is 0 Å². The Morgan fingerprint density at radius 2 is 1.67 bits per heavy atom. The van der Waals surface area contributed by atoms with Crippen molar-refractivity contribution in [3.05, 3.63) is 58.6 Å². The summed E-state index contributed by atoms with van der Waals surface area (Å²) in [5, 5.41) is 11.2. The minimum Gasteiger partial charge on any atom is -0.490 e. The van der Waals surface area contributed by atoms with Crippen LogP contribution >= 0.6 is 0 Å². The van der Waals surface area contributed by atoms with Crippen LogP contribution in [0.5, 0.6) is 11.5 Å². The van der Waals surface area contributed by atoms with Gasteiger partial charge in [0, 0.05) is 17.4 Å². The van der Waals surface area contributed by atoms with E-state index in [2.05, 4.69) is 0 Å². The van der Waals surface area contributed by atoms with Gasteiger partial charge in [-0.05, 0) is 44.5 Å². The van der Waals surface area contributed by atoms with Crippen LogP contribution in [0.1, 0.15) is 26.5 Å². The summed E-state index contributed by atoms with van der Waals surface area (Å²) in [6.45, 7) is 6.55. The Morgan fingerprint density at radius 1 is 1.00 bits per heavy atom. The van der Waals surface area contributed by atoms with Gasteiger partial charge in [0.1, 0.15) is 5.76 Å². The standard InChI is InChI=1S/C22H24O5/c1-4-25-18-11-10-15(13-19(18)26-5-2)21-16-8-6-7-9-17(16)22(24)27-20(21)12-14(3)23/h6-11,13-14,23H,4-5,12H2,1-3H3. The average Bonchev–Trinajstić information content (AvgIpc) is 2.64. The van der Waals surface area contributed by atoms with Crippen LogP contribution < -0.4 is 15.1 Å². The second-order valence-electron chi connectivity index (χ2n) is 6.31. The number of ether oxygens (including phenoxy) is 2. The average molecular weight is 368 g/mol. The number of aliphatic hydroxyl groups is 1. The number of hydrogen-bond donors (Lipinski definition) is 1. The van der Waals surface area contributed by atoms with E-state index in [1.54, 1.807) is 19.1 Å². The maximum atomic E-state index is 12.4. The first-order valence-electron chi connectivity index (χ1n) is 9.17. The molecular weight excluding hydrogens is 344 g/mol. The second kappa shape index (κ2) is 8.27. The number of aliphatic hydroxyl groups excluding tert-OH is 1. The molecule has 0 aliphatic carbocycles. The predicted molar refractivity (Wildman–Crippen MR) is 106 cm³/mol. The quantitative estimate of drug-likeness (QED) is 0.677. The summed E-state index contributed by atoms with van der Waals surface area (Å²) in [6.07, 6.45) is -0.394. The molecule has 3 aromatic rings. The normalized spacial score (nSPS) is 12.1. The van der Waals surface area contributed by atoms with Gasteiger partial charge in [-0.2, -0.15) is 0 Å². The van der Waals surface area contributed by atoms with Crippen molar-refractivity contribution >= 4 is 10.8 Å². The maximum Gasteiger partial charge on any atom is 0.343 e. The third kappa shape index (κ3) is 3.98. The molecule has 0 bridgehead atoms. The summed E-state index contributed by atoms with van der Waals surface area (Å²) < 4.78 is 17.0. The predicted octanol–water partition coefficient (Wildman–Crippen LogP) is 4.18. The van der Waals surface area contributed by atoms with E-state index in [1.807, 2.05) is 44.2 Å². The van der Waals surface area contributed by atoms with Crippen LogP contribution in [0.25, 0.3) is 21.9 Å². The van der Waals surface area contributed by atoms with Gasteiger partial charge in [-0.3, -0.25) is 0 Å². The molecule has 142 valence electrons. The van der Waals surface area contributed by atoms with Gasteiger partial charge in [-0.25, -0.2) is 4.79 Å². The van der Waals surface area contributed by atoms with E-state index in [0.717, 1.165) is 16.5 Å². The van der Waals surface area contributed by atoms with E-state index < -0.39 is 11.7 Å². The molecule has 0 aliphatic heterocycles. The first kappa shape index (κ1) is 19.0. The van der Waals surface area contributed by atoms with Crippen molar-refractivity contribution in [2.75, 3.05) is 13.2 Å². The molecule has 1 atom stereocenters. The molecule has 0 aliphatic rings. The maximum absolute atomic E-state index is 12.4. The first-order valence-corrected chi connectivity index (χ1v) is 9.17. The van der Waals surface area contributed by atoms with Crippen molar-refractivity contribution in [3.8, 4) is 22.6 Å². The Bertz CT molecular complexity index is 988. The summed E-state index contributed by atoms with van der Waals surface area (Å²) in [4.78, 5) is 12.4. The van der Waals surface area contributed by atoms with Crippen LogP contribution in [0.15, 0.2) is 51.7 Å². The number of hydrogen-bond acceptors (Lipinski definition) is 5. The third-order valence-corrected chi connectivity index (χ3v) is 4.22.